The first kappa shape index (κ1) is 9.70. The van der Waals surface area contributed by atoms with Gasteiger partial charge in [0.15, 0.2) is 0 Å². The fraction of sp³-hybridized carbons (Fsp3) is 0.154. The molecule has 2 aromatic rings. The van der Waals surface area contributed by atoms with Crippen molar-refractivity contribution in [2.75, 3.05) is 7.05 Å². The predicted molar refractivity (Wildman–Crippen MR) is 61.4 cm³/mol. The lowest BCUT2D eigenvalue weighted by atomic mass is 10.0. The summed E-state index contributed by atoms with van der Waals surface area (Å²) in [5.74, 6) is 0. The molecule has 0 aliphatic heterocycles. The van der Waals surface area contributed by atoms with Crippen molar-refractivity contribution in [2.45, 2.75) is 6.54 Å². The van der Waals surface area contributed by atoms with Gasteiger partial charge in [0.2, 0.25) is 0 Å². The molecule has 0 spiro atoms. The summed E-state index contributed by atoms with van der Waals surface area (Å²) in [5.41, 5.74) is 1.89. The van der Waals surface area contributed by atoms with Crippen LogP contribution < -0.4 is 5.32 Å². The number of nitrogens with zero attached hydrogens (tertiary/aromatic N) is 1. The van der Waals surface area contributed by atoms with Gasteiger partial charge in [0.1, 0.15) is 0 Å². The number of rotatable bonds is 2. The number of hydrogen-bond donors (Lipinski definition) is 1. The molecule has 15 heavy (non-hydrogen) atoms. The first-order chi connectivity index (χ1) is 7.35. The fourth-order valence-electron chi connectivity index (χ4n) is 1.79. The Morgan fingerprint density at radius 2 is 2.07 bits per heavy atom. The van der Waals surface area contributed by atoms with Crippen LogP contribution in [0, 0.1) is 11.3 Å². The number of nitrogens with one attached hydrogen (secondary N) is 1. The molecule has 0 unspecified atom stereocenters. The van der Waals surface area contributed by atoms with E-state index in [1.807, 2.05) is 37.4 Å². The highest BCUT2D eigenvalue weighted by molar-refractivity contribution is 5.87. The summed E-state index contributed by atoms with van der Waals surface area (Å²) in [6.07, 6.45) is 0. The smallest absolute Gasteiger partial charge is 0.0991 e. The van der Waals surface area contributed by atoms with Gasteiger partial charge < -0.3 is 5.32 Å². The predicted octanol–water partition coefficient (Wildman–Crippen LogP) is 2.43. The van der Waals surface area contributed by atoms with Gasteiger partial charge in [-0.25, -0.2) is 0 Å². The van der Waals surface area contributed by atoms with Crippen LogP contribution in [0.15, 0.2) is 36.4 Å². The molecule has 0 fully saturated rings. The van der Waals surface area contributed by atoms with E-state index in [4.69, 9.17) is 5.26 Å². The highest BCUT2D eigenvalue weighted by atomic mass is 14.8. The Morgan fingerprint density at radius 3 is 2.80 bits per heavy atom. The molecular weight excluding hydrogens is 184 g/mol. The largest absolute Gasteiger partial charge is 0.316 e. The van der Waals surface area contributed by atoms with Gasteiger partial charge in [-0.3, -0.25) is 0 Å². The third kappa shape index (κ3) is 1.83. The average Bonchev–Trinajstić information content (AvgIpc) is 2.29. The first-order valence-electron chi connectivity index (χ1n) is 4.91. The van der Waals surface area contributed by atoms with Gasteiger partial charge in [0.25, 0.3) is 0 Å². The van der Waals surface area contributed by atoms with Gasteiger partial charge in [-0.2, -0.15) is 5.26 Å². The maximum atomic E-state index is 8.92. The molecule has 0 bridgehead atoms. The van der Waals surface area contributed by atoms with Gasteiger partial charge in [-0.1, -0.05) is 24.3 Å². The van der Waals surface area contributed by atoms with Crippen LogP contribution in [0.2, 0.25) is 0 Å². The monoisotopic (exact) mass is 196 g/mol. The Morgan fingerprint density at radius 1 is 1.27 bits per heavy atom. The summed E-state index contributed by atoms with van der Waals surface area (Å²) in [4.78, 5) is 0. The van der Waals surface area contributed by atoms with E-state index in [1.165, 1.54) is 10.9 Å². The van der Waals surface area contributed by atoms with Crippen molar-refractivity contribution < 1.29 is 0 Å². The fourth-order valence-corrected chi connectivity index (χ4v) is 1.79. The topological polar surface area (TPSA) is 35.8 Å². The summed E-state index contributed by atoms with van der Waals surface area (Å²) < 4.78 is 0. The van der Waals surface area contributed by atoms with Crippen LogP contribution in [-0.4, -0.2) is 7.05 Å². The Bertz CT molecular complexity index is 524. The molecule has 0 heterocycles. The zero-order valence-electron chi connectivity index (χ0n) is 8.62. The van der Waals surface area contributed by atoms with E-state index in [-0.39, 0.29) is 0 Å². The molecule has 2 rings (SSSR count). The number of fused-ring (bicyclic) bond motifs is 1. The van der Waals surface area contributed by atoms with E-state index in [1.54, 1.807) is 0 Å². The van der Waals surface area contributed by atoms with Crippen LogP contribution in [0.3, 0.4) is 0 Å². The Kier molecular flexibility index (Phi) is 2.66. The molecule has 0 saturated carbocycles. The quantitative estimate of drug-likeness (QED) is 0.800. The second-order valence-corrected chi connectivity index (χ2v) is 3.50. The summed E-state index contributed by atoms with van der Waals surface area (Å²) in [6.45, 7) is 0.788. The molecular formula is C13H12N2. The molecule has 0 saturated heterocycles. The molecule has 2 aromatic carbocycles. The van der Waals surface area contributed by atoms with Crippen LogP contribution in [-0.2, 0) is 6.54 Å². The van der Waals surface area contributed by atoms with E-state index < -0.39 is 0 Å². The van der Waals surface area contributed by atoms with Crippen LogP contribution >= 0.6 is 0 Å². The Balaban J connectivity index is 2.70. The van der Waals surface area contributed by atoms with Crippen LogP contribution in [0.25, 0.3) is 10.8 Å². The van der Waals surface area contributed by atoms with E-state index in [2.05, 4.69) is 17.5 Å². The van der Waals surface area contributed by atoms with E-state index in [9.17, 15) is 0 Å². The number of nitriles is 1. The van der Waals surface area contributed by atoms with Crippen molar-refractivity contribution in [2.24, 2.45) is 0 Å². The molecule has 0 aromatic heterocycles. The van der Waals surface area contributed by atoms with Gasteiger partial charge >= 0.3 is 0 Å². The molecule has 0 aliphatic rings. The summed E-state index contributed by atoms with van der Waals surface area (Å²) in [7, 11) is 1.91. The molecule has 74 valence electrons. The van der Waals surface area contributed by atoms with E-state index in [0.717, 1.165) is 17.5 Å². The zero-order chi connectivity index (χ0) is 10.7. The van der Waals surface area contributed by atoms with Crippen LogP contribution in [0.5, 0.6) is 0 Å². The summed E-state index contributed by atoms with van der Waals surface area (Å²) in [6, 6.07) is 14.2. The SMILES string of the molecule is CNCc1cc(C#N)cc2ccccc12. The molecule has 2 heteroatoms. The maximum Gasteiger partial charge on any atom is 0.0991 e. The third-order valence-electron chi connectivity index (χ3n) is 2.44. The standard InChI is InChI=1S/C13H12N2/c1-15-9-12-7-10(8-14)6-11-4-2-3-5-13(11)12/h2-7,15H,9H2,1H3. The average molecular weight is 196 g/mol. The lowest BCUT2D eigenvalue weighted by Gasteiger charge is -2.06. The summed E-state index contributed by atoms with van der Waals surface area (Å²) in [5, 5.41) is 14.4. The molecule has 0 aliphatic carbocycles. The van der Waals surface area contributed by atoms with Crippen LogP contribution in [0.4, 0.5) is 0 Å². The molecule has 1 N–H and O–H groups in total. The van der Waals surface area contributed by atoms with E-state index >= 15 is 0 Å². The Hall–Kier alpha value is -1.85. The molecule has 0 atom stereocenters. The number of benzene rings is 2. The first-order valence-corrected chi connectivity index (χ1v) is 4.91. The van der Waals surface area contributed by atoms with Crippen molar-refractivity contribution in [3.05, 3.63) is 47.5 Å². The second-order valence-electron chi connectivity index (χ2n) is 3.50. The van der Waals surface area contributed by atoms with Gasteiger partial charge in [-0.05, 0) is 35.5 Å². The van der Waals surface area contributed by atoms with Crippen molar-refractivity contribution in [1.82, 2.24) is 5.32 Å². The van der Waals surface area contributed by atoms with Gasteiger partial charge in [-0.15, -0.1) is 0 Å². The molecule has 0 radical (unpaired) electrons. The van der Waals surface area contributed by atoms with Crippen molar-refractivity contribution in [3.63, 3.8) is 0 Å². The maximum absolute atomic E-state index is 8.92. The van der Waals surface area contributed by atoms with Crippen molar-refractivity contribution in [1.29, 1.82) is 5.26 Å². The lowest BCUT2D eigenvalue weighted by Crippen LogP contribution is -2.05. The zero-order valence-corrected chi connectivity index (χ0v) is 8.62. The van der Waals surface area contributed by atoms with Crippen molar-refractivity contribution >= 4 is 10.8 Å². The van der Waals surface area contributed by atoms with Crippen molar-refractivity contribution in [3.8, 4) is 6.07 Å². The second kappa shape index (κ2) is 4.12. The Labute approximate surface area is 89.2 Å². The van der Waals surface area contributed by atoms with E-state index in [0.29, 0.717) is 0 Å². The lowest BCUT2D eigenvalue weighted by molar-refractivity contribution is 0.823. The highest BCUT2D eigenvalue weighted by Crippen LogP contribution is 2.20. The minimum absolute atomic E-state index is 0.721. The minimum atomic E-state index is 0.721. The van der Waals surface area contributed by atoms with Gasteiger partial charge in [0.05, 0.1) is 11.6 Å². The van der Waals surface area contributed by atoms with Crippen LogP contribution in [0.1, 0.15) is 11.1 Å². The minimum Gasteiger partial charge on any atom is -0.316 e. The number of hydrogen-bond acceptors (Lipinski definition) is 2. The molecule has 0 amide bonds. The van der Waals surface area contributed by atoms with Gasteiger partial charge in [0, 0.05) is 6.54 Å². The molecule has 2 nitrogen and oxygen atoms in total. The normalized spacial score (nSPS) is 10.1. The third-order valence-corrected chi connectivity index (χ3v) is 2.44. The highest BCUT2D eigenvalue weighted by Gasteiger charge is 2.02. The summed E-state index contributed by atoms with van der Waals surface area (Å²) >= 11 is 0.